The Balaban J connectivity index is 2.33. The number of carbonyl (C=O) groups is 1. The van der Waals surface area contributed by atoms with Crippen LogP contribution in [0.3, 0.4) is 0 Å². The molecule has 114 valence electrons. The highest BCUT2D eigenvalue weighted by Gasteiger charge is 2.26. The van der Waals surface area contributed by atoms with E-state index >= 15 is 0 Å². The van der Waals surface area contributed by atoms with Crippen LogP contribution in [0.1, 0.15) is 24.8 Å². The molecule has 1 aromatic carbocycles. The van der Waals surface area contributed by atoms with Crippen molar-refractivity contribution in [1.82, 2.24) is 4.31 Å². The van der Waals surface area contributed by atoms with E-state index in [0.717, 1.165) is 30.9 Å². The molecule has 0 atom stereocenters. The molecule has 1 aromatic rings. The Morgan fingerprint density at radius 1 is 1.24 bits per heavy atom. The molecule has 21 heavy (non-hydrogen) atoms. The van der Waals surface area contributed by atoms with Gasteiger partial charge in [0.05, 0.1) is 4.90 Å². The molecule has 0 aromatic heterocycles. The summed E-state index contributed by atoms with van der Waals surface area (Å²) in [6.45, 7) is 6.31. The minimum Gasteiger partial charge on any atom is -0.322 e. The molecule has 0 saturated carbocycles. The molecule has 1 fully saturated rings. The number of sulfonamides is 1. The van der Waals surface area contributed by atoms with E-state index in [2.05, 4.69) is 11.9 Å². The van der Waals surface area contributed by atoms with E-state index in [1.165, 1.54) is 10.4 Å². The van der Waals surface area contributed by atoms with Crippen molar-refractivity contribution in [3.63, 3.8) is 0 Å². The van der Waals surface area contributed by atoms with Gasteiger partial charge in [0, 0.05) is 18.8 Å². The average molecular weight is 308 g/mol. The maximum Gasteiger partial charge on any atom is 0.247 e. The lowest BCUT2D eigenvalue weighted by molar-refractivity contribution is -0.111. The topological polar surface area (TPSA) is 66.5 Å². The minimum atomic E-state index is -3.49. The van der Waals surface area contributed by atoms with Gasteiger partial charge in [-0.3, -0.25) is 4.79 Å². The summed E-state index contributed by atoms with van der Waals surface area (Å²) in [5.41, 5.74) is 1.25. The zero-order valence-corrected chi connectivity index (χ0v) is 12.9. The van der Waals surface area contributed by atoms with Gasteiger partial charge < -0.3 is 5.32 Å². The van der Waals surface area contributed by atoms with Crippen molar-refractivity contribution in [3.8, 4) is 0 Å². The lowest BCUT2D eigenvalue weighted by Crippen LogP contribution is -2.35. The van der Waals surface area contributed by atoms with Crippen LogP contribution in [0.15, 0.2) is 35.7 Å². The number of hydrogen-bond donors (Lipinski definition) is 1. The van der Waals surface area contributed by atoms with Gasteiger partial charge in [0.2, 0.25) is 15.9 Å². The second kappa shape index (κ2) is 6.41. The number of nitrogens with one attached hydrogen (secondary N) is 1. The molecular weight excluding hydrogens is 288 g/mol. The van der Waals surface area contributed by atoms with Gasteiger partial charge in [-0.2, -0.15) is 4.31 Å². The summed E-state index contributed by atoms with van der Waals surface area (Å²) in [4.78, 5) is 11.6. The Kier molecular flexibility index (Phi) is 4.80. The zero-order valence-electron chi connectivity index (χ0n) is 12.1. The van der Waals surface area contributed by atoms with Crippen molar-refractivity contribution in [2.45, 2.75) is 31.1 Å². The molecule has 0 aliphatic carbocycles. The molecule has 1 saturated heterocycles. The molecule has 0 unspecified atom stereocenters. The van der Waals surface area contributed by atoms with Gasteiger partial charge in [-0.05, 0) is 49.6 Å². The highest BCUT2D eigenvalue weighted by atomic mass is 32.2. The molecule has 5 nitrogen and oxygen atoms in total. The SMILES string of the molecule is C=CC(=O)Nc1cc(C)cc(S(=O)(=O)N2CCCCC2)c1. The van der Waals surface area contributed by atoms with Crippen LogP contribution in [0.2, 0.25) is 0 Å². The van der Waals surface area contributed by atoms with E-state index in [4.69, 9.17) is 0 Å². The Morgan fingerprint density at radius 3 is 2.52 bits per heavy atom. The number of hydrogen-bond acceptors (Lipinski definition) is 3. The minimum absolute atomic E-state index is 0.226. The van der Waals surface area contributed by atoms with Gasteiger partial charge in [0.15, 0.2) is 0 Å². The van der Waals surface area contributed by atoms with Crippen LogP contribution in [-0.4, -0.2) is 31.7 Å². The number of aryl methyl sites for hydroxylation is 1. The van der Waals surface area contributed by atoms with Gasteiger partial charge in [0.25, 0.3) is 0 Å². The van der Waals surface area contributed by atoms with Gasteiger partial charge in [-0.1, -0.05) is 13.0 Å². The van der Waals surface area contributed by atoms with Crippen molar-refractivity contribution in [2.24, 2.45) is 0 Å². The first-order valence-electron chi connectivity index (χ1n) is 6.99. The summed E-state index contributed by atoms with van der Waals surface area (Å²) in [5.74, 6) is -0.359. The molecule has 1 aliphatic rings. The second-order valence-electron chi connectivity index (χ2n) is 5.19. The van der Waals surface area contributed by atoms with Gasteiger partial charge in [0.1, 0.15) is 0 Å². The van der Waals surface area contributed by atoms with Crippen molar-refractivity contribution in [1.29, 1.82) is 0 Å². The van der Waals surface area contributed by atoms with Crippen molar-refractivity contribution in [2.75, 3.05) is 18.4 Å². The van der Waals surface area contributed by atoms with Crippen LogP contribution in [-0.2, 0) is 14.8 Å². The quantitative estimate of drug-likeness (QED) is 0.868. The molecule has 1 aliphatic heterocycles. The van der Waals surface area contributed by atoms with E-state index in [-0.39, 0.29) is 10.8 Å². The van der Waals surface area contributed by atoms with Crippen LogP contribution in [0.4, 0.5) is 5.69 Å². The first-order valence-corrected chi connectivity index (χ1v) is 8.43. The summed E-state index contributed by atoms with van der Waals surface area (Å²) < 4.78 is 26.8. The fraction of sp³-hybridized carbons (Fsp3) is 0.400. The number of nitrogens with zero attached hydrogens (tertiary/aromatic N) is 1. The average Bonchev–Trinajstić information content (AvgIpc) is 2.47. The predicted molar refractivity (Wildman–Crippen MR) is 82.6 cm³/mol. The molecule has 6 heteroatoms. The van der Waals surface area contributed by atoms with Crippen LogP contribution in [0.5, 0.6) is 0 Å². The molecule has 0 bridgehead atoms. The molecule has 0 radical (unpaired) electrons. The van der Waals surface area contributed by atoms with Gasteiger partial charge >= 0.3 is 0 Å². The number of rotatable bonds is 4. The molecular formula is C15H20N2O3S. The predicted octanol–water partition coefficient (Wildman–Crippen LogP) is 2.29. The van der Waals surface area contributed by atoms with Crippen LogP contribution in [0, 0.1) is 6.92 Å². The largest absolute Gasteiger partial charge is 0.322 e. The monoisotopic (exact) mass is 308 g/mol. The first kappa shape index (κ1) is 15.7. The summed E-state index contributed by atoms with van der Waals surface area (Å²) in [6.07, 6.45) is 4.01. The molecule has 1 N–H and O–H groups in total. The Hall–Kier alpha value is -1.66. The fourth-order valence-electron chi connectivity index (χ4n) is 2.42. The summed E-state index contributed by atoms with van der Waals surface area (Å²) in [5, 5.41) is 2.61. The van der Waals surface area contributed by atoms with Crippen molar-refractivity contribution < 1.29 is 13.2 Å². The van der Waals surface area contributed by atoms with Crippen molar-refractivity contribution >= 4 is 21.6 Å². The maximum atomic E-state index is 12.6. The van der Waals surface area contributed by atoms with Gasteiger partial charge in [-0.15, -0.1) is 0 Å². The lowest BCUT2D eigenvalue weighted by Gasteiger charge is -2.26. The Morgan fingerprint density at radius 2 is 1.90 bits per heavy atom. The van der Waals surface area contributed by atoms with E-state index in [0.29, 0.717) is 18.8 Å². The molecule has 1 amide bonds. The third kappa shape index (κ3) is 3.71. The summed E-state index contributed by atoms with van der Waals surface area (Å²) >= 11 is 0. The lowest BCUT2D eigenvalue weighted by atomic mass is 10.2. The van der Waals surface area contributed by atoms with E-state index in [1.807, 2.05) is 0 Å². The Labute approximate surface area is 125 Å². The number of anilines is 1. The number of carbonyl (C=O) groups excluding carboxylic acids is 1. The number of amides is 1. The summed E-state index contributed by atoms with van der Waals surface area (Å²) in [7, 11) is -3.49. The maximum absolute atomic E-state index is 12.6. The van der Waals surface area contributed by atoms with E-state index in [1.54, 1.807) is 19.1 Å². The Bertz CT molecular complexity index is 647. The first-order chi connectivity index (χ1) is 9.93. The van der Waals surface area contributed by atoms with Crippen LogP contribution < -0.4 is 5.32 Å². The normalized spacial score (nSPS) is 16.4. The molecule has 1 heterocycles. The smallest absolute Gasteiger partial charge is 0.247 e. The van der Waals surface area contributed by atoms with Crippen LogP contribution >= 0.6 is 0 Å². The van der Waals surface area contributed by atoms with E-state index in [9.17, 15) is 13.2 Å². The molecule has 0 spiro atoms. The fourth-order valence-corrected chi connectivity index (χ4v) is 4.06. The summed E-state index contributed by atoms with van der Waals surface area (Å²) in [6, 6.07) is 4.86. The third-order valence-electron chi connectivity index (χ3n) is 3.46. The zero-order chi connectivity index (χ0) is 15.5. The van der Waals surface area contributed by atoms with Crippen molar-refractivity contribution in [3.05, 3.63) is 36.4 Å². The highest BCUT2D eigenvalue weighted by Crippen LogP contribution is 2.24. The highest BCUT2D eigenvalue weighted by molar-refractivity contribution is 7.89. The van der Waals surface area contributed by atoms with Crippen LogP contribution in [0.25, 0.3) is 0 Å². The number of piperidine rings is 1. The second-order valence-corrected chi connectivity index (χ2v) is 7.13. The van der Waals surface area contributed by atoms with Gasteiger partial charge in [-0.25, -0.2) is 8.42 Å². The third-order valence-corrected chi connectivity index (χ3v) is 5.33. The molecule has 2 rings (SSSR count). The van der Waals surface area contributed by atoms with E-state index < -0.39 is 10.0 Å². The number of benzene rings is 1. The standard InChI is InChI=1S/C15H20N2O3S/c1-3-15(18)16-13-9-12(2)10-14(11-13)21(19,20)17-7-5-4-6-8-17/h3,9-11H,1,4-8H2,2H3,(H,16,18).